The Kier molecular flexibility index (Phi) is 4.57. The predicted molar refractivity (Wildman–Crippen MR) is 73.4 cm³/mol. The van der Waals surface area contributed by atoms with Crippen molar-refractivity contribution in [3.63, 3.8) is 0 Å². The van der Waals surface area contributed by atoms with E-state index in [0.717, 1.165) is 16.9 Å². The highest BCUT2D eigenvalue weighted by Gasteiger charge is 2.08. The van der Waals surface area contributed by atoms with Crippen molar-refractivity contribution in [1.29, 1.82) is 0 Å². The second-order valence-electron chi connectivity index (χ2n) is 3.98. The number of pyridine rings is 1. The molecule has 8 heteroatoms. The van der Waals surface area contributed by atoms with Crippen molar-refractivity contribution in [3.8, 4) is 0 Å². The second-order valence-corrected chi connectivity index (χ2v) is 4.72. The first-order valence-corrected chi connectivity index (χ1v) is 6.42. The molecule has 0 aliphatic carbocycles. The summed E-state index contributed by atoms with van der Waals surface area (Å²) in [7, 11) is 0. The van der Waals surface area contributed by atoms with Crippen LogP contribution in [0.2, 0.25) is 10.3 Å². The Labute approximate surface area is 120 Å². The molecule has 6 nitrogen and oxygen atoms in total. The molecule has 2 N–H and O–H groups in total. The number of aryl methyl sites for hydroxylation is 1. The number of nitrogens with zero attached hydrogens (tertiary/aromatic N) is 4. The summed E-state index contributed by atoms with van der Waals surface area (Å²) in [4.78, 5) is 3.98. The van der Waals surface area contributed by atoms with E-state index in [4.69, 9.17) is 28.3 Å². The van der Waals surface area contributed by atoms with Crippen molar-refractivity contribution >= 4 is 28.9 Å². The summed E-state index contributed by atoms with van der Waals surface area (Å²) in [5.41, 5.74) is 2.38. The van der Waals surface area contributed by atoms with Gasteiger partial charge in [0.2, 0.25) is 0 Å². The van der Waals surface area contributed by atoms with Crippen LogP contribution in [-0.4, -0.2) is 31.7 Å². The number of rotatable bonds is 5. The smallest absolute Gasteiger partial charge is 0.154 e. The van der Waals surface area contributed by atoms with Crippen LogP contribution in [0.25, 0.3) is 0 Å². The number of anilines is 1. The first-order valence-electron chi connectivity index (χ1n) is 5.66. The molecule has 0 amide bonds. The lowest BCUT2D eigenvalue weighted by atomic mass is 10.2. The molecule has 0 aromatic carbocycles. The van der Waals surface area contributed by atoms with E-state index in [1.54, 1.807) is 16.9 Å². The molecule has 2 aromatic rings. The summed E-state index contributed by atoms with van der Waals surface area (Å²) in [6.45, 7) is 2.82. The van der Waals surface area contributed by atoms with Crippen LogP contribution in [0.3, 0.4) is 0 Å². The minimum absolute atomic E-state index is 0.0300. The third-order valence-corrected chi connectivity index (χ3v) is 2.97. The van der Waals surface area contributed by atoms with Gasteiger partial charge in [-0.2, -0.15) is 0 Å². The lowest BCUT2D eigenvalue weighted by Crippen LogP contribution is -2.03. The first kappa shape index (κ1) is 14.0. The largest absolute Gasteiger partial charge is 0.394 e. The van der Waals surface area contributed by atoms with Gasteiger partial charge in [-0.25, -0.2) is 9.67 Å². The molecule has 0 unspecified atom stereocenters. The summed E-state index contributed by atoms with van der Waals surface area (Å²) in [5.74, 6) is 0. The van der Waals surface area contributed by atoms with Gasteiger partial charge in [0.05, 0.1) is 31.6 Å². The molecule has 0 saturated heterocycles. The highest BCUT2D eigenvalue weighted by atomic mass is 35.5. The number of hydrogen-bond acceptors (Lipinski definition) is 5. The van der Waals surface area contributed by atoms with Gasteiger partial charge in [0.1, 0.15) is 10.8 Å². The monoisotopic (exact) mass is 301 g/mol. The minimum Gasteiger partial charge on any atom is -0.394 e. The van der Waals surface area contributed by atoms with Crippen molar-refractivity contribution in [2.45, 2.75) is 20.0 Å². The molecule has 0 radical (unpaired) electrons. The van der Waals surface area contributed by atoms with Crippen LogP contribution in [0.5, 0.6) is 0 Å². The van der Waals surface area contributed by atoms with Gasteiger partial charge in [0, 0.05) is 0 Å². The molecule has 2 rings (SSSR count). The molecule has 0 spiro atoms. The summed E-state index contributed by atoms with van der Waals surface area (Å²) < 4.78 is 1.57. The zero-order valence-corrected chi connectivity index (χ0v) is 11.8. The molecule has 0 fully saturated rings. The van der Waals surface area contributed by atoms with E-state index in [2.05, 4.69) is 20.6 Å². The zero-order chi connectivity index (χ0) is 13.8. The molecular formula is C11H13Cl2N5O. The average molecular weight is 302 g/mol. The van der Waals surface area contributed by atoms with Gasteiger partial charge >= 0.3 is 0 Å². The van der Waals surface area contributed by atoms with Crippen molar-refractivity contribution in [3.05, 3.63) is 33.8 Å². The maximum atomic E-state index is 8.79. The number of nitrogens with one attached hydrogen (secondary N) is 1. The van der Waals surface area contributed by atoms with E-state index in [9.17, 15) is 0 Å². The van der Waals surface area contributed by atoms with Gasteiger partial charge in [0.15, 0.2) is 5.15 Å². The van der Waals surface area contributed by atoms with Gasteiger partial charge in [-0.1, -0.05) is 28.4 Å². The second kappa shape index (κ2) is 6.18. The highest BCUT2D eigenvalue weighted by molar-refractivity contribution is 6.34. The van der Waals surface area contributed by atoms with Gasteiger partial charge in [-0.15, -0.1) is 5.10 Å². The van der Waals surface area contributed by atoms with Crippen LogP contribution in [0.1, 0.15) is 11.3 Å². The van der Waals surface area contributed by atoms with Crippen LogP contribution in [-0.2, 0) is 13.1 Å². The summed E-state index contributed by atoms with van der Waals surface area (Å²) in [6, 6.07) is 1.73. The fourth-order valence-electron chi connectivity index (χ4n) is 1.62. The molecule has 0 aliphatic heterocycles. The fourth-order valence-corrected chi connectivity index (χ4v) is 2.22. The zero-order valence-electron chi connectivity index (χ0n) is 10.3. The maximum Gasteiger partial charge on any atom is 0.154 e. The van der Waals surface area contributed by atoms with E-state index in [1.165, 1.54) is 0 Å². The molecule has 102 valence electrons. The van der Waals surface area contributed by atoms with Gasteiger partial charge in [-0.3, -0.25) is 0 Å². The number of aliphatic hydroxyl groups is 1. The fraction of sp³-hybridized carbons (Fsp3) is 0.364. The molecule has 0 bridgehead atoms. The molecule has 2 heterocycles. The molecule has 19 heavy (non-hydrogen) atoms. The standard InChI is InChI=1S/C11H13Cl2N5O/c1-7-4-9(12)15-11(13)10(7)14-5-8-6-18(2-3-19)17-16-8/h4,6,14,19H,2-3,5H2,1H3. The molecule has 0 saturated carbocycles. The quantitative estimate of drug-likeness (QED) is 0.825. The van der Waals surface area contributed by atoms with Crippen molar-refractivity contribution in [1.82, 2.24) is 20.0 Å². The third-order valence-electron chi connectivity index (χ3n) is 2.50. The van der Waals surface area contributed by atoms with Crippen molar-refractivity contribution in [2.75, 3.05) is 11.9 Å². The van der Waals surface area contributed by atoms with E-state index >= 15 is 0 Å². The number of aromatic nitrogens is 4. The van der Waals surface area contributed by atoms with E-state index in [0.29, 0.717) is 23.4 Å². The van der Waals surface area contributed by atoms with E-state index < -0.39 is 0 Å². The Balaban J connectivity index is 2.05. The van der Waals surface area contributed by atoms with Gasteiger partial charge in [-0.05, 0) is 18.6 Å². The van der Waals surface area contributed by atoms with E-state index in [-0.39, 0.29) is 6.61 Å². The number of aliphatic hydroxyl groups excluding tert-OH is 1. The maximum absolute atomic E-state index is 8.79. The average Bonchev–Trinajstić information content (AvgIpc) is 2.76. The Morgan fingerprint density at radius 1 is 1.42 bits per heavy atom. The van der Waals surface area contributed by atoms with Crippen molar-refractivity contribution in [2.24, 2.45) is 0 Å². The lowest BCUT2D eigenvalue weighted by Gasteiger charge is -2.09. The lowest BCUT2D eigenvalue weighted by molar-refractivity contribution is 0.268. The normalized spacial score (nSPS) is 10.7. The summed E-state index contributed by atoms with van der Waals surface area (Å²) in [6.07, 6.45) is 1.76. The first-order chi connectivity index (χ1) is 9.10. The Morgan fingerprint density at radius 2 is 2.21 bits per heavy atom. The van der Waals surface area contributed by atoms with Crippen LogP contribution in [0, 0.1) is 6.92 Å². The Morgan fingerprint density at radius 3 is 2.89 bits per heavy atom. The SMILES string of the molecule is Cc1cc(Cl)nc(Cl)c1NCc1cn(CCO)nn1. The predicted octanol–water partition coefficient (Wildman–Crippen LogP) is 1.89. The number of halogens is 2. The summed E-state index contributed by atoms with van der Waals surface area (Å²) in [5, 5.41) is 20.5. The summed E-state index contributed by atoms with van der Waals surface area (Å²) >= 11 is 11.8. The van der Waals surface area contributed by atoms with Gasteiger partial charge < -0.3 is 10.4 Å². The van der Waals surface area contributed by atoms with Crippen LogP contribution < -0.4 is 5.32 Å². The van der Waals surface area contributed by atoms with Crippen LogP contribution >= 0.6 is 23.2 Å². The Hall–Kier alpha value is -1.37. The molecular weight excluding hydrogens is 289 g/mol. The third kappa shape index (κ3) is 3.56. The van der Waals surface area contributed by atoms with Gasteiger partial charge in [0.25, 0.3) is 0 Å². The molecule has 0 aliphatic rings. The van der Waals surface area contributed by atoms with E-state index in [1.807, 2.05) is 6.92 Å². The minimum atomic E-state index is 0.0300. The van der Waals surface area contributed by atoms with Crippen molar-refractivity contribution < 1.29 is 5.11 Å². The topological polar surface area (TPSA) is 75.9 Å². The Bertz CT molecular complexity index is 549. The number of hydrogen-bond donors (Lipinski definition) is 2. The molecule has 0 atom stereocenters. The van der Waals surface area contributed by atoms with Crippen LogP contribution in [0.4, 0.5) is 5.69 Å². The molecule has 2 aromatic heterocycles. The van der Waals surface area contributed by atoms with Crippen LogP contribution in [0.15, 0.2) is 12.3 Å². The highest BCUT2D eigenvalue weighted by Crippen LogP contribution is 2.26.